The van der Waals surface area contributed by atoms with Gasteiger partial charge in [-0.2, -0.15) is 0 Å². The maximum atomic E-state index is 13.2. The molecule has 0 unspecified atom stereocenters. The van der Waals surface area contributed by atoms with Gasteiger partial charge in [-0.15, -0.1) is 0 Å². The van der Waals surface area contributed by atoms with Gasteiger partial charge >= 0.3 is 5.97 Å². The van der Waals surface area contributed by atoms with Gasteiger partial charge in [0.05, 0.1) is 21.9 Å². The van der Waals surface area contributed by atoms with Gasteiger partial charge in [0.1, 0.15) is 5.54 Å². The number of para-hydroxylation sites is 2. The van der Waals surface area contributed by atoms with Crippen molar-refractivity contribution in [3.05, 3.63) is 63.7 Å². The number of nitrogens with one attached hydrogen (secondary N) is 1. The highest BCUT2D eigenvalue weighted by atomic mass is 16.6. The summed E-state index contributed by atoms with van der Waals surface area (Å²) in [6.45, 7) is 0.987. The zero-order chi connectivity index (χ0) is 22.2. The molecule has 160 valence electrons. The minimum absolute atomic E-state index is 0.0162. The molecule has 9 heteroatoms. The van der Waals surface area contributed by atoms with Crippen LogP contribution < -0.4 is 10.2 Å². The lowest BCUT2D eigenvalue weighted by atomic mass is 9.90. The molecule has 1 aliphatic carbocycles. The fraction of sp³-hybridized carbons (Fsp3) is 0.318. The molecule has 2 aromatic rings. The van der Waals surface area contributed by atoms with Gasteiger partial charge in [0.2, 0.25) is 0 Å². The first-order valence-corrected chi connectivity index (χ1v) is 9.99. The molecule has 1 heterocycles. The van der Waals surface area contributed by atoms with Crippen LogP contribution in [-0.2, 0) is 14.3 Å². The molecular formula is C22H21N3O6. The van der Waals surface area contributed by atoms with Crippen molar-refractivity contribution in [3.63, 3.8) is 0 Å². The van der Waals surface area contributed by atoms with Gasteiger partial charge in [0, 0.05) is 11.6 Å². The standard InChI is InChI=1S/C22H21N3O6/c1-14-8-9-15(12-18(14)25(29)30)20(27)31-13-19(26)24-17-7-3-2-6-16(17)23-21(28)22(24)10-4-5-11-22/h2-3,6-9,12H,4-5,10-11,13H2,1H3,(H,23,28). The van der Waals surface area contributed by atoms with Gasteiger partial charge in [-0.3, -0.25) is 24.6 Å². The Morgan fingerprint density at radius 1 is 1.19 bits per heavy atom. The second-order valence-corrected chi connectivity index (χ2v) is 7.77. The molecule has 2 aliphatic rings. The molecule has 4 rings (SSSR count). The van der Waals surface area contributed by atoms with Crippen LogP contribution in [0.1, 0.15) is 41.6 Å². The van der Waals surface area contributed by atoms with Gasteiger partial charge in [0.25, 0.3) is 17.5 Å². The predicted octanol–water partition coefficient (Wildman–Crippen LogP) is 3.36. The number of amides is 2. The third-order valence-electron chi connectivity index (χ3n) is 5.89. The second kappa shape index (κ2) is 7.82. The van der Waals surface area contributed by atoms with Crippen LogP contribution in [0.2, 0.25) is 0 Å². The van der Waals surface area contributed by atoms with E-state index in [1.807, 2.05) is 0 Å². The van der Waals surface area contributed by atoms with Crippen LogP contribution >= 0.6 is 0 Å². The lowest BCUT2D eigenvalue weighted by Crippen LogP contribution is -2.61. The molecule has 2 amide bonds. The molecule has 1 spiro atoms. The number of fused-ring (bicyclic) bond motifs is 1. The molecule has 1 saturated carbocycles. The molecule has 0 saturated heterocycles. The number of anilines is 2. The van der Waals surface area contributed by atoms with Gasteiger partial charge < -0.3 is 10.1 Å². The summed E-state index contributed by atoms with van der Waals surface area (Å²) in [4.78, 5) is 50.5. The predicted molar refractivity (Wildman–Crippen MR) is 112 cm³/mol. The quantitative estimate of drug-likeness (QED) is 0.458. The van der Waals surface area contributed by atoms with E-state index in [0.29, 0.717) is 29.8 Å². The number of hydrogen-bond donors (Lipinski definition) is 1. The molecular weight excluding hydrogens is 402 g/mol. The average Bonchev–Trinajstić information content (AvgIpc) is 3.23. The molecule has 0 bridgehead atoms. The highest BCUT2D eigenvalue weighted by Crippen LogP contribution is 2.45. The fourth-order valence-electron chi connectivity index (χ4n) is 4.34. The highest BCUT2D eigenvalue weighted by Gasteiger charge is 2.52. The van der Waals surface area contributed by atoms with E-state index in [2.05, 4.69) is 5.32 Å². The second-order valence-electron chi connectivity index (χ2n) is 7.77. The van der Waals surface area contributed by atoms with E-state index in [4.69, 9.17) is 4.74 Å². The van der Waals surface area contributed by atoms with Crippen LogP contribution in [0.4, 0.5) is 17.1 Å². The first-order valence-electron chi connectivity index (χ1n) is 9.99. The number of nitro groups is 1. The van der Waals surface area contributed by atoms with E-state index in [1.165, 1.54) is 17.0 Å². The number of aryl methyl sites for hydroxylation is 1. The lowest BCUT2D eigenvalue weighted by molar-refractivity contribution is -0.385. The maximum Gasteiger partial charge on any atom is 0.338 e. The highest BCUT2D eigenvalue weighted by molar-refractivity contribution is 6.15. The minimum atomic E-state index is -1.000. The molecule has 0 atom stereocenters. The van der Waals surface area contributed by atoms with Crippen LogP contribution in [0.15, 0.2) is 42.5 Å². The van der Waals surface area contributed by atoms with Crippen LogP contribution in [0, 0.1) is 17.0 Å². The van der Waals surface area contributed by atoms with E-state index in [9.17, 15) is 24.5 Å². The number of ether oxygens (including phenoxy) is 1. The van der Waals surface area contributed by atoms with Crippen molar-refractivity contribution in [2.45, 2.75) is 38.1 Å². The van der Waals surface area contributed by atoms with Crippen LogP contribution in [-0.4, -0.2) is 34.9 Å². The molecule has 31 heavy (non-hydrogen) atoms. The van der Waals surface area contributed by atoms with E-state index >= 15 is 0 Å². The average molecular weight is 423 g/mol. The molecule has 0 aromatic heterocycles. The number of carbonyl (C=O) groups excluding carboxylic acids is 3. The Hall–Kier alpha value is -3.75. The van der Waals surface area contributed by atoms with Crippen molar-refractivity contribution in [2.24, 2.45) is 0 Å². The zero-order valence-corrected chi connectivity index (χ0v) is 16.9. The summed E-state index contributed by atoms with van der Waals surface area (Å²) in [6.07, 6.45) is 2.67. The first-order chi connectivity index (χ1) is 14.8. The van der Waals surface area contributed by atoms with Crippen LogP contribution in [0.3, 0.4) is 0 Å². The molecule has 9 nitrogen and oxygen atoms in total. The van der Waals surface area contributed by atoms with E-state index in [1.54, 1.807) is 31.2 Å². The summed E-state index contributed by atoms with van der Waals surface area (Å²) in [7, 11) is 0. The van der Waals surface area contributed by atoms with Gasteiger partial charge in [-0.25, -0.2) is 4.79 Å². The van der Waals surface area contributed by atoms with Gasteiger partial charge in [0.15, 0.2) is 6.61 Å². The third kappa shape index (κ3) is 3.52. The lowest BCUT2D eigenvalue weighted by Gasteiger charge is -2.44. The van der Waals surface area contributed by atoms with Gasteiger partial charge in [-0.1, -0.05) is 31.0 Å². The number of nitro benzene ring substituents is 1. The van der Waals surface area contributed by atoms with Crippen LogP contribution in [0.25, 0.3) is 0 Å². The number of carbonyl (C=O) groups is 3. The van der Waals surface area contributed by atoms with Gasteiger partial charge in [-0.05, 0) is 38.0 Å². The summed E-state index contributed by atoms with van der Waals surface area (Å²) in [5.41, 5.74) is 0.289. The first kappa shape index (κ1) is 20.5. The Labute approximate surface area is 178 Å². The molecule has 1 N–H and O–H groups in total. The Balaban J connectivity index is 1.57. The monoisotopic (exact) mass is 423 g/mol. The minimum Gasteiger partial charge on any atom is -0.452 e. The summed E-state index contributed by atoms with van der Waals surface area (Å²) >= 11 is 0. The smallest absolute Gasteiger partial charge is 0.338 e. The Bertz CT molecular complexity index is 1090. The Kier molecular flexibility index (Phi) is 5.18. The van der Waals surface area contributed by atoms with Crippen molar-refractivity contribution in [2.75, 3.05) is 16.8 Å². The maximum absolute atomic E-state index is 13.2. The van der Waals surface area contributed by atoms with Crippen LogP contribution in [0.5, 0.6) is 0 Å². The SMILES string of the molecule is Cc1ccc(C(=O)OCC(=O)N2c3ccccc3NC(=O)C23CCCC3)cc1[N+](=O)[O-]. The van der Waals surface area contributed by atoms with Crippen molar-refractivity contribution < 1.29 is 24.0 Å². The zero-order valence-electron chi connectivity index (χ0n) is 16.9. The number of benzene rings is 2. The van der Waals surface area contributed by atoms with E-state index in [0.717, 1.165) is 18.9 Å². The third-order valence-corrected chi connectivity index (χ3v) is 5.89. The summed E-state index contributed by atoms with van der Waals surface area (Å²) in [5, 5.41) is 14.0. The van der Waals surface area contributed by atoms with E-state index in [-0.39, 0.29) is 17.2 Å². The molecule has 2 aromatic carbocycles. The molecule has 1 aliphatic heterocycles. The Morgan fingerprint density at radius 2 is 1.90 bits per heavy atom. The molecule has 0 radical (unpaired) electrons. The number of nitrogens with zero attached hydrogens (tertiary/aromatic N) is 2. The number of rotatable bonds is 4. The number of esters is 1. The molecule has 1 fully saturated rings. The summed E-state index contributed by atoms with van der Waals surface area (Å²) in [5.74, 6) is -1.59. The Morgan fingerprint density at radius 3 is 2.61 bits per heavy atom. The van der Waals surface area contributed by atoms with Crippen molar-refractivity contribution >= 4 is 34.8 Å². The van der Waals surface area contributed by atoms with Crippen molar-refractivity contribution in [3.8, 4) is 0 Å². The van der Waals surface area contributed by atoms with Crippen molar-refractivity contribution in [1.29, 1.82) is 0 Å². The largest absolute Gasteiger partial charge is 0.452 e. The number of hydrogen-bond acceptors (Lipinski definition) is 6. The summed E-state index contributed by atoms with van der Waals surface area (Å²) < 4.78 is 5.19. The summed E-state index contributed by atoms with van der Waals surface area (Å²) in [6, 6.07) is 11.0. The van der Waals surface area contributed by atoms with E-state index < -0.39 is 28.9 Å². The topological polar surface area (TPSA) is 119 Å². The normalized spacial score (nSPS) is 16.5. The fourth-order valence-corrected chi connectivity index (χ4v) is 4.34. The van der Waals surface area contributed by atoms with Crippen molar-refractivity contribution in [1.82, 2.24) is 0 Å².